The van der Waals surface area contributed by atoms with E-state index in [0.717, 1.165) is 25.9 Å². The molecule has 0 aromatic carbocycles. The van der Waals surface area contributed by atoms with Gasteiger partial charge in [0.2, 0.25) is 0 Å². The van der Waals surface area contributed by atoms with Gasteiger partial charge in [0.05, 0.1) is 6.61 Å². The zero-order valence-electron chi connectivity index (χ0n) is 7.05. The van der Waals surface area contributed by atoms with Crippen LogP contribution in [0.5, 0.6) is 0 Å². The zero-order valence-corrected chi connectivity index (χ0v) is 7.05. The molecule has 0 radical (unpaired) electrons. The molecule has 0 aliphatic rings. The zero-order chi connectivity index (χ0) is 8.53. The lowest BCUT2D eigenvalue weighted by Crippen LogP contribution is -2.05. The van der Waals surface area contributed by atoms with E-state index in [0.29, 0.717) is 6.42 Å². The van der Waals surface area contributed by atoms with E-state index in [1.807, 2.05) is 0 Å². The van der Waals surface area contributed by atoms with Gasteiger partial charge >= 0.3 is 0 Å². The highest BCUT2D eigenvalue weighted by molar-refractivity contribution is 4.53. The first kappa shape index (κ1) is 10.8. The van der Waals surface area contributed by atoms with Gasteiger partial charge in [0.25, 0.3) is 0 Å². The molecular formula is C8H17FO2. The molecule has 0 heterocycles. The standard InChI is InChI=1S/C8H17FO2/c1-11-6-4-2-3-5-8(9)7-10/h8,10H,2-7H2,1H3. The Kier molecular flexibility index (Phi) is 7.84. The smallest absolute Gasteiger partial charge is 0.123 e. The third kappa shape index (κ3) is 7.75. The maximum atomic E-state index is 12.4. The molecule has 11 heavy (non-hydrogen) atoms. The van der Waals surface area contributed by atoms with Gasteiger partial charge in [-0.05, 0) is 12.8 Å². The molecule has 0 rings (SSSR count). The number of aliphatic hydroxyl groups is 1. The molecule has 0 saturated carbocycles. The maximum Gasteiger partial charge on any atom is 0.123 e. The van der Waals surface area contributed by atoms with Crippen LogP contribution in [-0.2, 0) is 4.74 Å². The molecule has 0 saturated heterocycles. The first-order valence-corrected chi connectivity index (χ1v) is 4.05. The quantitative estimate of drug-likeness (QED) is 0.578. The molecule has 0 fully saturated rings. The van der Waals surface area contributed by atoms with Crippen LogP contribution in [-0.4, -0.2) is 31.6 Å². The summed E-state index contributed by atoms with van der Waals surface area (Å²) in [6.07, 6.45) is 2.24. The van der Waals surface area contributed by atoms with Crippen LogP contribution in [0, 0.1) is 0 Å². The molecule has 0 aromatic heterocycles. The van der Waals surface area contributed by atoms with Crippen molar-refractivity contribution in [2.45, 2.75) is 31.9 Å². The summed E-state index contributed by atoms with van der Waals surface area (Å²) < 4.78 is 17.2. The second kappa shape index (κ2) is 7.95. The van der Waals surface area contributed by atoms with Crippen molar-refractivity contribution in [1.82, 2.24) is 0 Å². The van der Waals surface area contributed by atoms with Crippen molar-refractivity contribution in [3.63, 3.8) is 0 Å². The van der Waals surface area contributed by atoms with Gasteiger partial charge in [0.15, 0.2) is 0 Å². The average molecular weight is 164 g/mol. The fourth-order valence-electron chi connectivity index (χ4n) is 0.880. The molecule has 0 aliphatic carbocycles. The molecule has 1 atom stereocenters. The lowest BCUT2D eigenvalue weighted by molar-refractivity contribution is 0.163. The Labute approximate surface area is 67.4 Å². The highest BCUT2D eigenvalue weighted by Crippen LogP contribution is 2.05. The molecule has 0 aliphatic heterocycles. The summed E-state index contributed by atoms with van der Waals surface area (Å²) in [6, 6.07) is 0. The minimum Gasteiger partial charge on any atom is -0.393 e. The Morgan fingerprint density at radius 1 is 1.36 bits per heavy atom. The Morgan fingerprint density at radius 3 is 2.64 bits per heavy atom. The van der Waals surface area contributed by atoms with Crippen LogP contribution < -0.4 is 0 Å². The van der Waals surface area contributed by atoms with Gasteiger partial charge in [-0.25, -0.2) is 4.39 Å². The second-order valence-electron chi connectivity index (χ2n) is 2.62. The molecule has 1 unspecified atom stereocenters. The van der Waals surface area contributed by atoms with E-state index in [9.17, 15) is 4.39 Å². The minimum absolute atomic E-state index is 0.343. The number of methoxy groups -OCH3 is 1. The second-order valence-corrected chi connectivity index (χ2v) is 2.62. The van der Waals surface area contributed by atoms with E-state index < -0.39 is 6.17 Å². The minimum atomic E-state index is -1.03. The van der Waals surface area contributed by atoms with Gasteiger partial charge < -0.3 is 9.84 Å². The molecule has 2 nitrogen and oxygen atoms in total. The van der Waals surface area contributed by atoms with Gasteiger partial charge in [-0.3, -0.25) is 0 Å². The average Bonchev–Trinajstić information content (AvgIpc) is 2.04. The van der Waals surface area contributed by atoms with Crippen LogP contribution in [0.15, 0.2) is 0 Å². The van der Waals surface area contributed by atoms with Crippen molar-refractivity contribution >= 4 is 0 Å². The molecule has 1 N–H and O–H groups in total. The number of rotatable bonds is 7. The number of hydrogen-bond donors (Lipinski definition) is 1. The molecule has 3 heteroatoms. The summed E-state index contributed by atoms with van der Waals surface area (Å²) in [5, 5.41) is 8.34. The van der Waals surface area contributed by atoms with Gasteiger partial charge in [-0.1, -0.05) is 12.8 Å². The fourth-order valence-corrected chi connectivity index (χ4v) is 0.880. The third-order valence-corrected chi connectivity index (χ3v) is 1.56. The van der Waals surface area contributed by atoms with Gasteiger partial charge in [0, 0.05) is 13.7 Å². The van der Waals surface area contributed by atoms with Gasteiger partial charge in [-0.15, -0.1) is 0 Å². The van der Waals surface area contributed by atoms with Crippen LogP contribution in [0.3, 0.4) is 0 Å². The molecule has 68 valence electrons. The van der Waals surface area contributed by atoms with Crippen molar-refractivity contribution in [3.05, 3.63) is 0 Å². The van der Waals surface area contributed by atoms with Crippen LogP contribution in [0.2, 0.25) is 0 Å². The summed E-state index contributed by atoms with van der Waals surface area (Å²) in [5.74, 6) is 0. The Bertz CT molecular complexity index is 78.5. The maximum absolute atomic E-state index is 12.4. The molecule has 0 spiro atoms. The summed E-state index contributed by atoms with van der Waals surface area (Å²) in [4.78, 5) is 0. The number of aliphatic hydroxyl groups excluding tert-OH is 1. The molecular weight excluding hydrogens is 147 g/mol. The first-order chi connectivity index (χ1) is 5.31. The third-order valence-electron chi connectivity index (χ3n) is 1.56. The Hall–Kier alpha value is -0.150. The largest absolute Gasteiger partial charge is 0.393 e. The van der Waals surface area contributed by atoms with E-state index in [2.05, 4.69) is 0 Å². The molecule has 0 aromatic rings. The number of unbranched alkanes of at least 4 members (excludes halogenated alkanes) is 2. The highest BCUT2D eigenvalue weighted by atomic mass is 19.1. The van der Waals surface area contributed by atoms with Gasteiger partial charge in [-0.2, -0.15) is 0 Å². The van der Waals surface area contributed by atoms with Crippen LogP contribution in [0.25, 0.3) is 0 Å². The lowest BCUT2D eigenvalue weighted by Gasteiger charge is -2.03. The topological polar surface area (TPSA) is 29.5 Å². The SMILES string of the molecule is COCCCCCC(F)CO. The predicted octanol–water partition coefficient (Wildman–Crippen LogP) is 1.52. The Morgan fingerprint density at radius 2 is 2.09 bits per heavy atom. The predicted molar refractivity (Wildman–Crippen MR) is 42.3 cm³/mol. The lowest BCUT2D eigenvalue weighted by atomic mass is 10.1. The van der Waals surface area contributed by atoms with Gasteiger partial charge in [0.1, 0.15) is 6.17 Å². The van der Waals surface area contributed by atoms with E-state index >= 15 is 0 Å². The van der Waals surface area contributed by atoms with E-state index in [4.69, 9.17) is 9.84 Å². The van der Waals surface area contributed by atoms with Crippen molar-refractivity contribution in [3.8, 4) is 0 Å². The number of hydrogen-bond acceptors (Lipinski definition) is 2. The normalized spacial score (nSPS) is 13.4. The van der Waals surface area contributed by atoms with E-state index in [-0.39, 0.29) is 6.61 Å². The number of alkyl halides is 1. The van der Waals surface area contributed by atoms with E-state index in [1.54, 1.807) is 7.11 Å². The fraction of sp³-hybridized carbons (Fsp3) is 1.00. The molecule has 0 amide bonds. The Balaban J connectivity index is 2.89. The number of halogens is 1. The van der Waals surface area contributed by atoms with Crippen LogP contribution in [0.1, 0.15) is 25.7 Å². The summed E-state index contributed by atoms with van der Waals surface area (Å²) in [5.41, 5.74) is 0. The number of ether oxygens (including phenoxy) is 1. The van der Waals surface area contributed by atoms with E-state index in [1.165, 1.54) is 0 Å². The monoisotopic (exact) mass is 164 g/mol. The summed E-state index contributed by atoms with van der Waals surface area (Å²) in [7, 11) is 1.66. The van der Waals surface area contributed by atoms with Crippen molar-refractivity contribution in [1.29, 1.82) is 0 Å². The van der Waals surface area contributed by atoms with Crippen molar-refractivity contribution < 1.29 is 14.2 Å². The van der Waals surface area contributed by atoms with Crippen molar-refractivity contribution in [2.24, 2.45) is 0 Å². The summed E-state index contributed by atoms with van der Waals surface area (Å²) >= 11 is 0. The van der Waals surface area contributed by atoms with Crippen LogP contribution >= 0.6 is 0 Å². The highest BCUT2D eigenvalue weighted by Gasteiger charge is 2.02. The van der Waals surface area contributed by atoms with Crippen LogP contribution in [0.4, 0.5) is 4.39 Å². The summed E-state index contributed by atoms with van der Waals surface area (Å²) in [6.45, 7) is 0.403. The molecule has 0 bridgehead atoms. The van der Waals surface area contributed by atoms with Crippen molar-refractivity contribution in [2.75, 3.05) is 20.3 Å². The first-order valence-electron chi connectivity index (χ1n) is 4.05.